The summed E-state index contributed by atoms with van der Waals surface area (Å²) in [6.07, 6.45) is 3.44. The van der Waals surface area contributed by atoms with Gasteiger partial charge in [0.25, 0.3) is 11.8 Å². The van der Waals surface area contributed by atoms with E-state index in [1.807, 2.05) is 0 Å². The number of halogens is 1. The molecule has 7 nitrogen and oxygen atoms in total. The minimum Gasteiger partial charge on any atom is -0.507 e. The van der Waals surface area contributed by atoms with Gasteiger partial charge in [0, 0.05) is 23.0 Å². The Morgan fingerprint density at radius 1 is 1.04 bits per heavy atom. The van der Waals surface area contributed by atoms with E-state index >= 15 is 0 Å². The van der Waals surface area contributed by atoms with Gasteiger partial charge in [0.05, 0.1) is 11.3 Å². The largest absolute Gasteiger partial charge is 0.507 e. The van der Waals surface area contributed by atoms with Crippen LogP contribution in [0, 0.1) is 0 Å². The molecule has 0 saturated heterocycles. The second-order valence-corrected chi connectivity index (χ2v) is 5.50. The number of amides is 2. The number of carbonyl (C=O) groups is 2. The smallest absolute Gasteiger partial charge is 0.273 e. The standard InChI is InChI=1S/C17H13ClN4O3/c18-12-4-7-15(23)14(10-12)17(25)21-20-16(24)11-2-5-13(6-3-11)22-9-1-8-19-22/h1-10,23H,(H,20,24)(H,21,25). The van der Waals surface area contributed by atoms with Crippen molar-refractivity contribution < 1.29 is 14.7 Å². The maximum absolute atomic E-state index is 12.1. The van der Waals surface area contributed by atoms with Crippen molar-refractivity contribution in [3.8, 4) is 11.4 Å². The number of aromatic hydroxyl groups is 1. The molecular weight excluding hydrogens is 344 g/mol. The summed E-state index contributed by atoms with van der Waals surface area (Å²) >= 11 is 5.79. The van der Waals surface area contributed by atoms with E-state index in [1.165, 1.54) is 18.2 Å². The number of carbonyl (C=O) groups excluding carboxylic acids is 2. The van der Waals surface area contributed by atoms with E-state index in [0.717, 1.165) is 5.69 Å². The number of phenols is 1. The SMILES string of the molecule is O=C(NNC(=O)c1cc(Cl)ccc1O)c1ccc(-n2cccn2)cc1. The van der Waals surface area contributed by atoms with E-state index in [-0.39, 0.29) is 11.3 Å². The van der Waals surface area contributed by atoms with Gasteiger partial charge >= 0.3 is 0 Å². The molecule has 1 heterocycles. The van der Waals surface area contributed by atoms with E-state index in [4.69, 9.17) is 11.6 Å². The quantitative estimate of drug-likeness (QED) is 0.627. The lowest BCUT2D eigenvalue weighted by Gasteiger charge is -2.09. The highest BCUT2D eigenvalue weighted by atomic mass is 35.5. The van der Waals surface area contributed by atoms with Crippen LogP contribution in [0.4, 0.5) is 0 Å². The predicted molar refractivity (Wildman–Crippen MR) is 91.6 cm³/mol. The fourth-order valence-electron chi connectivity index (χ4n) is 2.13. The minimum atomic E-state index is -0.679. The summed E-state index contributed by atoms with van der Waals surface area (Å²) in [6, 6.07) is 12.5. The molecule has 3 N–H and O–H groups in total. The molecule has 0 bridgehead atoms. The number of nitrogens with zero attached hydrogens (tertiary/aromatic N) is 2. The predicted octanol–water partition coefficient (Wildman–Crippen LogP) is 2.31. The second kappa shape index (κ2) is 7.06. The van der Waals surface area contributed by atoms with Crippen molar-refractivity contribution in [1.82, 2.24) is 20.6 Å². The van der Waals surface area contributed by atoms with Gasteiger partial charge in [0.2, 0.25) is 0 Å². The molecule has 0 spiro atoms. The van der Waals surface area contributed by atoms with Crippen molar-refractivity contribution in [2.45, 2.75) is 0 Å². The molecule has 0 fully saturated rings. The van der Waals surface area contributed by atoms with Gasteiger partial charge in [0.1, 0.15) is 5.75 Å². The summed E-state index contributed by atoms with van der Waals surface area (Å²) in [6.45, 7) is 0. The summed E-state index contributed by atoms with van der Waals surface area (Å²) in [5.74, 6) is -1.41. The van der Waals surface area contributed by atoms with Crippen LogP contribution in [0.1, 0.15) is 20.7 Å². The van der Waals surface area contributed by atoms with Crippen LogP contribution < -0.4 is 10.9 Å². The van der Waals surface area contributed by atoms with E-state index < -0.39 is 11.8 Å². The number of aromatic nitrogens is 2. The third-order valence-corrected chi connectivity index (χ3v) is 3.63. The van der Waals surface area contributed by atoms with Gasteiger partial charge in [-0.3, -0.25) is 20.4 Å². The van der Waals surface area contributed by atoms with E-state index in [2.05, 4.69) is 16.0 Å². The van der Waals surface area contributed by atoms with Crippen molar-refractivity contribution in [2.75, 3.05) is 0 Å². The second-order valence-electron chi connectivity index (χ2n) is 5.07. The zero-order valence-electron chi connectivity index (χ0n) is 12.8. The first-order chi connectivity index (χ1) is 12.0. The molecule has 0 aliphatic carbocycles. The molecular formula is C17H13ClN4O3. The molecule has 0 saturated carbocycles. The molecule has 0 radical (unpaired) electrons. The summed E-state index contributed by atoms with van der Waals surface area (Å²) in [4.78, 5) is 24.1. The van der Waals surface area contributed by atoms with Gasteiger partial charge in [-0.25, -0.2) is 4.68 Å². The average Bonchev–Trinajstić information content (AvgIpc) is 3.16. The molecule has 25 heavy (non-hydrogen) atoms. The molecule has 0 aliphatic rings. The Balaban J connectivity index is 1.64. The van der Waals surface area contributed by atoms with Gasteiger partial charge < -0.3 is 5.11 Å². The molecule has 2 amide bonds. The number of benzene rings is 2. The monoisotopic (exact) mass is 356 g/mol. The third-order valence-electron chi connectivity index (χ3n) is 3.39. The van der Waals surface area contributed by atoms with Gasteiger partial charge in [-0.15, -0.1) is 0 Å². The van der Waals surface area contributed by atoms with E-state index in [0.29, 0.717) is 10.6 Å². The zero-order valence-corrected chi connectivity index (χ0v) is 13.6. The maximum Gasteiger partial charge on any atom is 0.273 e. The lowest BCUT2D eigenvalue weighted by atomic mass is 10.2. The van der Waals surface area contributed by atoms with Gasteiger partial charge in [-0.1, -0.05) is 11.6 Å². The fraction of sp³-hybridized carbons (Fsp3) is 0. The normalized spacial score (nSPS) is 10.3. The lowest BCUT2D eigenvalue weighted by molar-refractivity contribution is 0.0845. The molecule has 126 valence electrons. The first kappa shape index (κ1) is 16.5. The molecule has 0 unspecified atom stereocenters. The number of phenolic OH excluding ortho intramolecular Hbond substituents is 1. The molecule has 0 atom stereocenters. The number of hydrazine groups is 1. The van der Waals surface area contributed by atoms with Crippen molar-refractivity contribution in [1.29, 1.82) is 0 Å². The zero-order chi connectivity index (χ0) is 17.8. The van der Waals surface area contributed by atoms with Crippen LogP contribution in [-0.2, 0) is 0 Å². The van der Waals surface area contributed by atoms with Gasteiger partial charge in [-0.05, 0) is 48.5 Å². The van der Waals surface area contributed by atoms with Crippen molar-refractivity contribution in [3.63, 3.8) is 0 Å². The Kier molecular flexibility index (Phi) is 4.67. The molecule has 0 aliphatic heterocycles. The van der Waals surface area contributed by atoms with Crippen LogP contribution >= 0.6 is 11.6 Å². The summed E-state index contributed by atoms with van der Waals surface area (Å²) in [5, 5.41) is 14.1. The average molecular weight is 357 g/mol. The van der Waals surface area contributed by atoms with Gasteiger partial charge in [-0.2, -0.15) is 5.10 Å². The maximum atomic E-state index is 12.1. The number of rotatable bonds is 3. The van der Waals surface area contributed by atoms with Crippen LogP contribution in [0.2, 0.25) is 5.02 Å². The Morgan fingerprint density at radius 2 is 1.76 bits per heavy atom. The lowest BCUT2D eigenvalue weighted by Crippen LogP contribution is -2.41. The molecule has 3 rings (SSSR count). The van der Waals surface area contributed by atoms with E-state index in [9.17, 15) is 14.7 Å². The highest BCUT2D eigenvalue weighted by Crippen LogP contribution is 2.21. The Labute approximate surface area is 147 Å². The van der Waals surface area contributed by atoms with Crippen LogP contribution in [-0.4, -0.2) is 26.7 Å². The molecule has 3 aromatic rings. The van der Waals surface area contributed by atoms with Crippen LogP contribution in [0.15, 0.2) is 60.9 Å². The van der Waals surface area contributed by atoms with E-state index in [1.54, 1.807) is 47.4 Å². The number of nitrogens with one attached hydrogen (secondary N) is 2. The number of hydrogen-bond donors (Lipinski definition) is 3. The highest BCUT2D eigenvalue weighted by Gasteiger charge is 2.13. The number of hydrogen-bond acceptors (Lipinski definition) is 4. The Hall–Kier alpha value is -3.32. The van der Waals surface area contributed by atoms with Crippen LogP contribution in [0.5, 0.6) is 5.75 Å². The first-order valence-corrected chi connectivity index (χ1v) is 7.61. The Morgan fingerprint density at radius 3 is 2.44 bits per heavy atom. The van der Waals surface area contributed by atoms with Gasteiger partial charge in [0.15, 0.2) is 0 Å². The fourth-order valence-corrected chi connectivity index (χ4v) is 2.30. The first-order valence-electron chi connectivity index (χ1n) is 7.24. The molecule has 8 heteroatoms. The van der Waals surface area contributed by atoms with Crippen LogP contribution in [0.25, 0.3) is 5.69 Å². The Bertz CT molecular complexity index is 908. The van der Waals surface area contributed by atoms with Crippen molar-refractivity contribution >= 4 is 23.4 Å². The summed E-state index contributed by atoms with van der Waals surface area (Å²) in [5.41, 5.74) is 5.63. The highest BCUT2D eigenvalue weighted by molar-refractivity contribution is 6.31. The summed E-state index contributed by atoms with van der Waals surface area (Å²) < 4.78 is 1.66. The van der Waals surface area contributed by atoms with Crippen molar-refractivity contribution in [3.05, 3.63) is 77.1 Å². The third kappa shape index (κ3) is 3.78. The minimum absolute atomic E-state index is 0.0400. The molecule has 1 aromatic heterocycles. The summed E-state index contributed by atoms with van der Waals surface area (Å²) in [7, 11) is 0. The van der Waals surface area contributed by atoms with Crippen LogP contribution in [0.3, 0.4) is 0 Å². The van der Waals surface area contributed by atoms with Crippen molar-refractivity contribution in [2.24, 2.45) is 0 Å². The topological polar surface area (TPSA) is 96.3 Å². The molecule has 2 aromatic carbocycles.